The Kier molecular flexibility index (Phi) is 31.4. The van der Waals surface area contributed by atoms with E-state index in [-0.39, 0.29) is 35.9 Å². The van der Waals surface area contributed by atoms with Crippen molar-refractivity contribution in [3.63, 3.8) is 0 Å². The van der Waals surface area contributed by atoms with Crippen LogP contribution in [0.2, 0.25) is 0 Å². The van der Waals surface area contributed by atoms with Crippen molar-refractivity contribution in [3.8, 4) is 0 Å². The highest BCUT2D eigenvalue weighted by Crippen LogP contribution is 1.99. The number of carbonyl (C=O) groups is 3. The Morgan fingerprint density at radius 2 is 1.00 bits per heavy atom. The number of rotatable bonds is 10. The highest BCUT2D eigenvalue weighted by atomic mass is 128. The largest absolute Gasteiger partial charge is 0.461 e. The topological polar surface area (TPSA) is 78.9 Å². The van der Waals surface area contributed by atoms with Crippen LogP contribution in [0.25, 0.3) is 0 Å². The molecule has 0 aromatic rings. The Bertz CT molecular complexity index is 376. The lowest BCUT2D eigenvalue weighted by molar-refractivity contribution is -0.154. The van der Waals surface area contributed by atoms with Crippen molar-refractivity contribution in [2.24, 2.45) is 0 Å². The lowest BCUT2D eigenvalue weighted by Gasteiger charge is -2.14. The van der Waals surface area contributed by atoms with Gasteiger partial charge in [-0.05, 0) is 0 Å². The normalized spacial score (nSPS) is 10.5. The summed E-state index contributed by atoms with van der Waals surface area (Å²) in [6.07, 6.45) is -0.715. The summed E-state index contributed by atoms with van der Waals surface area (Å²) < 4.78 is 14.4. The third kappa shape index (κ3) is 22.3. The number of hydrogen-bond acceptors (Lipinski definition) is 12. The van der Waals surface area contributed by atoms with Crippen LogP contribution in [0.4, 0.5) is 0 Å². The summed E-state index contributed by atoms with van der Waals surface area (Å²) in [6, 6.07) is 0. The van der Waals surface area contributed by atoms with E-state index in [2.05, 4.69) is 113 Å². The molecule has 156 valence electrons. The SMILES string of the molecule is II.O=C(CS)OC(CS)CS.O=C(CS)OCC(CS)OC(=O)CS. The second-order valence-corrected chi connectivity index (χ2v) is 5.97. The lowest BCUT2D eigenvalue weighted by atomic mass is 10.4. The summed E-state index contributed by atoms with van der Waals surface area (Å²) >= 11 is 27.3. The third-order valence-corrected chi connectivity index (χ3v) is 4.02. The zero-order valence-electron chi connectivity index (χ0n) is 13.5. The van der Waals surface area contributed by atoms with Gasteiger partial charge in [-0.25, -0.2) is 0 Å². The van der Waals surface area contributed by atoms with Crippen molar-refractivity contribution < 1.29 is 28.6 Å². The van der Waals surface area contributed by atoms with E-state index in [9.17, 15) is 14.4 Å². The average Bonchev–Trinajstić information content (AvgIpc) is 2.70. The van der Waals surface area contributed by atoms with Crippen LogP contribution in [0, 0.1) is 0 Å². The fourth-order valence-corrected chi connectivity index (χ4v) is 1.97. The Morgan fingerprint density at radius 3 is 1.31 bits per heavy atom. The first kappa shape index (κ1) is 32.6. The second-order valence-electron chi connectivity index (χ2n) is 3.93. The maximum Gasteiger partial charge on any atom is 0.316 e. The van der Waals surface area contributed by atoms with Gasteiger partial charge in [0.2, 0.25) is 0 Å². The molecule has 0 N–H and O–H groups in total. The molecule has 1 unspecified atom stereocenters. The van der Waals surface area contributed by atoms with Crippen LogP contribution in [0.1, 0.15) is 0 Å². The maximum absolute atomic E-state index is 10.8. The Morgan fingerprint density at radius 1 is 0.654 bits per heavy atom. The second kappa shape index (κ2) is 25.0. The fraction of sp³-hybridized carbons (Fsp3) is 0.750. The minimum absolute atomic E-state index is 0.000193. The van der Waals surface area contributed by atoms with Gasteiger partial charge in [-0.15, -0.1) is 0 Å². The molecular weight excluding hydrogens is 686 g/mol. The molecule has 0 heterocycles. The molecule has 0 radical (unpaired) electrons. The molecule has 14 heteroatoms. The Hall–Kier alpha value is 1.97. The summed E-state index contributed by atoms with van der Waals surface area (Å²) in [6.45, 7) is 0.00239. The van der Waals surface area contributed by atoms with E-state index in [1.54, 1.807) is 0 Å². The van der Waals surface area contributed by atoms with Crippen molar-refractivity contribution in [1.29, 1.82) is 0 Å². The predicted octanol–water partition coefficient (Wildman–Crippen LogP) is 2.69. The number of halogens is 2. The van der Waals surface area contributed by atoms with Gasteiger partial charge in [0.05, 0.1) is 17.3 Å². The highest BCUT2D eigenvalue weighted by molar-refractivity contribution is 15.0. The van der Waals surface area contributed by atoms with E-state index in [4.69, 9.17) is 14.2 Å². The number of hydrogen-bond donors (Lipinski definition) is 6. The van der Waals surface area contributed by atoms with Gasteiger partial charge in [0.25, 0.3) is 0 Å². The number of esters is 3. The summed E-state index contributed by atoms with van der Waals surface area (Å²) in [5.41, 5.74) is 0. The summed E-state index contributed by atoms with van der Waals surface area (Å²) in [5.74, 6) is 0.154. The van der Waals surface area contributed by atoms with Crippen molar-refractivity contribution in [2.75, 3.05) is 41.1 Å². The first-order valence-corrected chi connectivity index (χ1v) is 16.8. The van der Waals surface area contributed by atoms with E-state index >= 15 is 0 Å². The average molecular weight is 709 g/mol. The maximum atomic E-state index is 10.8. The van der Waals surface area contributed by atoms with Crippen LogP contribution in [0.3, 0.4) is 0 Å². The predicted molar refractivity (Wildman–Crippen MR) is 142 cm³/mol. The van der Waals surface area contributed by atoms with Crippen LogP contribution in [-0.4, -0.2) is 71.2 Å². The summed E-state index contributed by atoms with van der Waals surface area (Å²) in [5, 5.41) is 0. The van der Waals surface area contributed by atoms with Crippen LogP contribution < -0.4 is 0 Å². The molecule has 0 saturated carbocycles. The summed E-state index contributed by atoms with van der Waals surface area (Å²) in [7, 11) is 0. The minimum atomic E-state index is -0.526. The molecule has 0 rings (SSSR count). The Labute approximate surface area is 210 Å². The minimum Gasteiger partial charge on any atom is -0.461 e. The van der Waals surface area contributed by atoms with Gasteiger partial charge >= 0.3 is 17.9 Å². The lowest BCUT2D eigenvalue weighted by Crippen LogP contribution is -2.27. The fourth-order valence-electron chi connectivity index (χ4n) is 0.934. The molecule has 0 fully saturated rings. The molecule has 26 heavy (non-hydrogen) atoms. The zero-order chi connectivity index (χ0) is 21.0. The number of ether oxygens (including phenoxy) is 3. The monoisotopic (exact) mass is 708 g/mol. The van der Waals surface area contributed by atoms with E-state index < -0.39 is 18.0 Å². The van der Waals surface area contributed by atoms with Gasteiger partial charge in [0.1, 0.15) is 18.8 Å². The molecule has 6 nitrogen and oxygen atoms in total. The molecule has 0 aliphatic heterocycles. The van der Waals surface area contributed by atoms with Crippen LogP contribution >= 0.6 is 113 Å². The molecule has 0 aromatic heterocycles. The van der Waals surface area contributed by atoms with E-state index in [1.165, 1.54) is 0 Å². The molecule has 0 spiro atoms. The molecular formula is C12H22I2O6S6. The van der Waals surface area contributed by atoms with Gasteiger partial charge in [0, 0.05) is 54.5 Å². The number of carbonyl (C=O) groups excluding carboxylic acids is 3. The van der Waals surface area contributed by atoms with Crippen molar-refractivity contribution in [3.05, 3.63) is 0 Å². The summed E-state index contributed by atoms with van der Waals surface area (Å²) in [4.78, 5) is 32.1. The Balaban J connectivity index is -0.000000388. The third-order valence-electron chi connectivity index (χ3n) is 2.02. The standard InChI is InChI=1S/C7H12O4S3.C5H10O2S3.I2/c8-6(3-13)10-1-5(2-12)11-7(9)4-14;6-5(3-10)7-4(1-8)2-9;1-2/h5,12-14H,1-4H2;4,8-10H,1-3H2;. The molecule has 0 aromatic carbocycles. The van der Waals surface area contributed by atoms with E-state index in [0.29, 0.717) is 17.3 Å². The zero-order valence-corrected chi connectivity index (χ0v) is 23.2. The molecule has 0 amide bonds. The first-order chi connectivity index (χ1) is 12.4. The van der Waals surface area contributed by atoms with Crippen molar-refractivity contribution >= 4 is 131 Å². The van der Waals surface area contributed by atoms with Gasteiger partial charge in [-0.3, -0.25) is 14.4 Å². The highest BCUT2D eigenvalue weighted by Gasteiger charge is 2.13. The molecule has 0 aliphatic rings. The first-order valence-electron chi connectivity index (χ1n) is 6.72. The molecule has 1 atom stereocenters. The van der Waals surface area contributed by atoms with E-state index in [1.807, 2.05) is 0 Å². The quantitative estimate of drug-likeness (QED) is 0.0909. The van der Waals surface area contributed by atoms with Crippen molar-refractivity contribution in [1.82, 2.24) is 0 Å². The van der Waals surface area contributed by atoms with Crippen LogP contribution in [-0.2, 0) is 28.6 Å². The van der Waals surface area contributed by atoms with Crippen molar-refractivity contribution in [2.45, 2.75) is 12.2 Å². The molecule has 0 aliphatic carbocycles. The van der Waals surface area contributed by atoms with Gasteiger partial charge in [-0.2, -0.15) is 75.8 Å². The van der Waals surface area contributed by atoms with Gasteiger partial charge < -0.3 is 14.2 Å². The molecule has 0 saturated heterocycles. The van der Waals surface area contributed by atoms with Gasteiger partial charge in [-0.1, -0.05) is 0 Å². The van der Waals surface area contributed by atoms with Gasteiger partial charge in [0.15, 0.2) is 0 Å². The van der Waals surface area contributed by atoms with E-state index in [0.717, 1.165) is 0 Å². The smallest absolute Gasteiger partial charge is 0.316 e. The molecule has 0 bridgehead atoms. The van der Waals surface area contributed by atoms with Crippen LogP contribution in [0.5, 0.6) is 0 Å². The van der Waals surface area contributed by atoms with Crippen LogP contribution in [0.15, 0.2) is 0 Å². The number of thiol groups is 6.